The molecule has 2 N–H and O–H groups in total. The fourth-order valence-corrected chi connectivity index (χ4v) is 3.48. The molecule has 30 heavy (non-hydrogen) atoms. The van der Waals surface area contributed by atoms with E-state index in [1.807, 2.05) is 16.7 Å². The topological polar surface area (TPSA) is 79.6 Å². The SMILES string of the molecule is CCc1nncn1CCNC(=NC)NCC(c1ccc(F)cc1)N1CCOCC1.I. The van der Waals surface area contributed by atoms with Gasteiger partial charge in [-0.3, -0.25) is 9.89 Å². The number of halogens is 2. The molecule has 1 atom stereocenters. The molecule has 2 aromatic rings. The van der Waals surface area contributed by atoms with Crippen LogP contribution in [-0.2, 0) is 17.7 Å². The van der Waals surface area contributed by atoms with Crippen LogP contribution in [0.15, 0.2) is 35.6 Å². The summed E-state index contributed by atoms with van der Waals surface area (Å²) in [7, 11) is 1.76. The maximum absolute atomic E-state index is 13.4. The Kier molecular flexibility index (Phi) is 10.4. The van der Waals surface area contributed by atoms with Gasteiger partial charge < -0.3 is 19.9 Å². The maximum Gasteiger partial charge on any atom is 0.191 e. The van der Waals surface area contributed by atoms with Crippen LogP contribution in [0.4, 0.5) is 4.39 Å². The number of aliphatic imine (C=N–C) groups is 1. The van der Waals surface area contributed by atoms with Crippen molar-refractivity contribution in [1.82, 2.24) is 30.3 Å². The standard InChI is InChI=1S/C20H30FN7O.HI/c1-3-19-26-25-15-28(19)9-8-23-20(22-2)24-14-18(27-10-12-29-13-11-27)16-4-6-17(21)7-5-16;/h4-7,15,18H,3,8-14H2,1-2H3,(H2,22,23,24);1H. The molecule has 8 nitrogen and oxygen atoms in total. The zero-order valence-electron chi connectivity index (χ0n) is 17.6. The highest BCUT2D eigenvalue weighted by Gasteiger charge is 2.23. The van der Waals surface area contributed by atoms with Crippen LogP contribution in [0.2, 0.25) is 0 Å². The Bertz CT molecular complexity index is 778. The number of rotatable bonds is 8. The Balaban J connectivity index is 0.00000320. The second-order valence-corrected chi connectivity index (χ2v) is 6.89. The van der Waals surface area contributed by atoms with Crippen molar-refractivity contribution in [3.8, 4) is 0 Å². The van der Waals surface area contributed by atoms with Crippen LogP contribution in [0.3, 0.4) is 0 Å². The summed E-state index contributed by atoms with van der Waals surface area (Å²) in [5.74, 6) is 1.48. The number of morpholine rings is 1. The average Bonchev–Trinajstić information content (AvgIpc) is 3.22. The van der Waals surface area contributed by atoms with Crippen LogP contribution in [0.5, 0.6) is 0 Å². The summed E-state index contributed by atoms with van der Waals surface area (Å²) < 4.78 is 20.9. The quantitative estimate of drug-likeness (QED) is 0.308. The normalized spacial score (nSPS) is 16.0. The average molecular weight is 531 g/mol. The number of ether oxygens (including phenoxy) is 1. The van der Waals surface area contributed by atoms with Crippen molar-refractivity contribution in [3.63, 3.8) is 0 Å². The predicted octanol–water partition coefficient (Wildman–Crippen LogP) is 1.84. The molecule has 1 aliphatic heterocycles. The van der Waals surface area contributed by atoms with Crippen LogP contribution in [-0.4, -0.2) is 72.1 Å². The number of aromatic nitrogens is 3. The molecule has 0 bridgehead atoms. The molecule has 0 radical (unpaired) electrons. The van der Waals surface area contributed by atoms with E-state index in [-0.39, 0.29) is 35.8 Å². The largest absolute Gasteiger partial charge is 0.379 e. The molecule has 1 saturated heterocycles. The first-order chi connectivity index (χ1) is 14.2. The third-order valence-corrected chi connectivity index (χ3v) is 5.08. The molecule has 10 heteroatoms. The molecule has 3 rings (SSSR count). The first kappa shape index (κ1) is 24.5. The Labute approximate surface area is 194 Å². The van der Waals surface area contributed by atoms with Gasteiger partial charge in [-0.1, -0.05) is 19.1 Å². The summed E-state index contributed by atoms with van der Waals surface area (Å²) >= 11 is 0. The maximum atomic E-state index is 13.4. The van der Waals surface area contributed by atoms with E-state index in [9.17, 15) is 4.39 Å². The minimum Gasteiger partial charge on any atom is -0.379 e. The van der Waals surface area contributed by atoms with E-state index < -0.39 is 0 Å². The van der Waals surface area contributed by atoms with Crippen LogP contribution in [0.25, 0.3) is 0 Å². The van der Waals surface area contributed by atoms with Crippen LogP contribution in [0, 0.1) is 5.82 Å². The number of benzene rings is 1. The summed E-state index contributed by atoms with van der Waals surface area (Å²) in [5, 5.41) is 14.8. The molecule has 0 spiro atoms. The lowest BCUT2D eigenvalue weighted by atomic mass is 10.0. The van der Waals surface area contributed by atoms with Gasteiger partial charge in [0.05, 0.1) is 19.3 Å². The lowest BCUT2D eigenvalue weighted by Crippen LogP contribution is -2.46. The molecule has 0 saturated carbocycles. The number of nitrogens with one attached hydrogen (secondary N) is 2. The Morgan fingerprint density at radius 3 is 2.63 bits per heavy atom. The monoisotopic (exact) mass is 531 g/mol. The predicted molar refractivity (Wildman–Crippen MR) is 126 cm³/mol. The number of hydrogen-bond acceptors (Lipinski definition) is 5. The van der Waals surface area contributed by atoms with Gasteiger partial charge in [0, 0.05) is 46.2 Å². The van der Waals surface area contributed by atoms with Gasteiger partial charge in [0.2, 0.25) is 0 Å². The van der Waals surface area contributed by atoms with E-state index in [2.05, 4.69) is 37.6 Å². The van der Waals surface area contributed by atoms with E-state index in [1.165, 1.54) is 12.1 Å². The van der Waals surface area contributed by atoms with Crippen molar-refractivity contribution in [1.29, 1.82) is 0 Å². The zero-order chi connectivity index (χ0) is 20.5. The molecule has 1 aromatic heterocycles. The van der Waals surface area contributed by atoms with Crippen molar-refractivity contribution < 1.29 is 9.13 Å². The smallest absolute Gasteiger partial charge is 0.191 e. The van der Waals surface area contributed by atoms with Gasteiger partial charge in [0.25, 0.3) is 0 Å². The van der Waals surface area contributed by atoms with E-state index >= 15 is 0 Å². The van der Waals surface area contributed by atoms with Crippen LogP contribution >= 0.6 is 24.0 Å². The Morgan fingerprint density at radius 2 is 1.97 bits per heavy atom. The highest BCUT2D eigenvalue weighted by atomic mass is 127. The fourth-order valence-electron chi connectivity index (χ4n) is 3.48. The van der Waals surface area contributed by atoms with Crippen molar-refractivity contribution in [3.05, 3.63) is 47.8 Å². The molecular weight excluding hydrogens is 500 g/mol. The van der Waals surface area contributed by atoms with E-state index in [0.29, 0.717) is 26.3 Å². The van der Waals surface area contributed by atoms with Gasteiger partial charge >= 0.3 is 0 Å². The van der Waals surface area contributed by atoms with Crippen molar-refractivity contribution in [2.75, 3.05) is 46.4 Å². The number of nitrogens with zero attached hydrogens (tertiary/aromatic N) is 5. The van der Waals surface area contributed by atoms with E-state index in [4.69, 9.17) is 4.74 Å². The minimum absolute atomic E-state index is 0. The highest BCUT2D eigenvalue weighted by molar-refractivity contribution is 14.0. The minimum atomic E-state index is -0.222. The van der Waals surface area contributed by atoms with Crippen molar-refractivity contribution in [2.24, 2.45) is 4.99 Å². The second-order valence-electron chi connectivity index (χ2n) is 6.89. The van der Waals surface area contributed by atoms with Crippen molar-refractivity contribution in [2.45, 2.75) is 25.9 Å². The van der Waals surface area contributed by atoms with Gasteiger partial charge in [-0.15, -0.1) is 34.2 Å². The Morgan fingerprint density at radius 1 is 1.23 bits per heavy atom. The van der Waals surface area contributed by atoms with Gasteiger partial charge in [-0.05, 0) is 17.7 Å². The molecule has 2 heterocycles. The molecule has 1 aromatic carbocycles. The van der Waals surface area contributed by atoms with Gasteiger partial charge in [0.1, 0.15) is 18.0 Å². The molecule has 1 unspecified atom stereocenters. The first-order valence-corrected chi connectivity index (χ1v) is 10.1. The van der Waals surface area contributed by atoms with Crippen molar-refractivity contribution >= 4 is 29.9 Å². The molecule has 166 valence electrons. The lowest BCUT2D eigenvalue weighted by molar-refractivity contribution is 0.0170. The van der Waals surface area contributed by atoms with Crippen LogP contribution in [0.1, 0.15) is 24.4 Å². The molecule has 0 amide bonds. The second kappa shape index (κ2) is 12.8. The molecule has 1 aliphatic rings. The summed E-state index contributed by atoms with van der Waals surface area (Å²) in [4.78, 5) is 6.69. The number of guanidine groups is 1. The summed E-state index contributed by atoms with van der Waals surface area (Å²) in [6.07, 6.45) is 2.60. The third-order valence-electron chi connectivity index (χ3n) is 5.08. The summed E-state index contributed by atoms with van der Waals surface area (Å²) in [6.45, 7) is 7.33. The highest BCUT2D eigenvalue weighted by Crippen LogP contribution is 2.21. The van der Waals surface area contributed by atoms with Gasteiger partial charge in [-0.2, -0.15) is 0 Å². The van der Waals surface area contributed by atoms with E-state index in [0.717, 1.165) is 43.4 Å². The lowest BCUT2D eigenvalue weighted by Gasteiger charge is -2.35. The first-order valence-electron chi connectivity index (χ1n) is 10.1. The summed E-state index contributed by atoms with van der Waals surface area (Å²) in [5.41, 5.74) is 1.08. The van der Waals surface area contributed by atoms with Crippen LogP contribution < -0.4 is 10.6 Å². The molecule has 0 aliphatic carbocycles. The van der Waals surface area contributed by atoms with E-state index in [1.54, 1.807) is 13.4 Å². The Hall–Kier alpha value is -1.79. The number of hydrogen-bond donors (Lipinski definition) is 2. The fraction of sp³-hybridized carbons (Fsp3) is 0.550. The molecule has 1 fully saturated rings. The molecular formula is C20H31FIN7O. The summed E-state index contributed by atoms with van der Waals surface area (Å²) in [6, 6.07) is 6.85. The zero-order valence-corrected chi connectivity index (χ0v) is 19.9. The van der Waals surface area contributed by atoms with Gasteiger partial charge in [0.15, 0.2) is 5.96 Å². The third kappa shape index (κ3) is 6.88. The van der Waals surface area contributed by atoms with Gasteiger partial charge in [-0.25, -0.2) is 4.39 Å². The number of aryl methyl sites for hydroxylation is 1.